The Morgan fingerprint density at radius 3 is 2.64 bits per heavy atom. The lowest BCUT2D eigenvalue weighted by atomic mass is 10.2. The lowest BCUT2D eigenvalue weighted by Gasteiger charge is -2.27. The summed E-state index contributed by atoms with van der Waals surface area (Å²) in [6, 6.07) is 6.71. The molecule has 0 saturated carbocycles. The van der Waals surface area contributed by atoms with Crippen LogP contribution < -0.4 is 5.32 Å². The van der Waals surface area contributed by atoms with Crippen molar-refractivity contribution >= 4 is 12.4 Å². The molecular weight excluding hydrogens is 205 g/mol. The molecule has 1 aromatic carbocycles. The Morgan fingerprint density at radius 2 is 2.07 bits per heavy atom. The van der Waals surface area contributed by atoms with E-state index in [0.717, 1.165) is 13.1 Å². The van der Waals surface area contributed by atoms with Crippen LogP contribution in [0.2, 0.25) is 0 Å². The molecule has 1 saturated heterocycles. The molecule has 1 aliphatic rings. The molecule has 0 aliphatic carbocycles. The van der Waals surface area contributed by atoms with E-state index in [1.807, 2.05) is 6.07 Å². The largest absolute Gasteiger partial charge is 0.371 e. The van der Waals surface area contributed by atoms with E-state index >= 15 is 0 Å². The van der Waals surface area contributed by atoms with Crippen molar-refractivity contribution in [1.29, 1.82) is 0 Å². The van der Waals surface area contributed by atoms with Gasteiger partial charge in [0.1, 0.15) is 5.82 Å². The Morgan fingerprint density at radius 1 is 1.36 bits per heavy atom. The van der Waals surface area contributed by atoms with E-state index in [2.05, 4.69) is 5.32 Å². The fourth-order valence-electron chi connectivity index (χ4n) is 1.20. The molecule has 0 bridgehead atoms. The van der Waals surface area contributed by atoms with Gasteiger partial charge >= 0.3 is 0 Å². The predicted octanol–water partition coefficient (Wildman–Crippen LogP) is 1.74. The van der Waals surface area contributed by atoms with Crippen molar-refractivity contribution < 1.29 is 9.13 Å². The van der Waals surface area contributed by atoms with Gasteiger partial charge in [-0.3, -0.25) is 0 Å². The summed E-state index contributed by atoms with van der Waals surface area (Å²) in [5.41, 5.74) is 0.634. The molecule has 0 spiro atoms. The number of rotatable bonds is 3. The molecule has 0 atom stereocenters. The van der Waals surface area contributed by atoms with Gasteiger partial charge in [0.15, 0.2) is 0 Å². The molecule has 1 fully saturated rings. The van der Waals surface area contributed by atoms with Gasteiger partial charge < -0.3 is 10.1 Å². The van der Waals surface area contributed by atoms with Crippen molar-refractivity contribution in [1.82, 2.24) is 5.32 Å². The van der Waals surface area contributed by atoms with Gasteiger partial charge in [0.25, 0.3) is 0 Å². The second kappa shape index (κ2) is 5.29. The molecular formula is C10H13ClFNO. The van der Waals surface area contributed by atoms with Crippen molar-refractivity contribution in [3.05, 3.63) is 35.6 Å². The van der Waals surface area contributed by atoms with Gasteiger partial charge in [-0.05, 0) is 6.07 Å². The summed E-state index contributed by atoms with van der Waals surface area (Å²) in [6.07, 6.45) is 0.264. The first kappa shape index (κ1) is 11.4. The second-order valence-electron chi connectivity index (χ2n) is 3.18. The van der Waals surface area contributed by atoms with Crippen LogP contribution in [0.15, 0.2) is 24.3 Å². The number of hydrogen-bond acceptors (Lipinski definition) is 2. The maximum absolute atomic E-state index is 13.1. The smallest absolute Gasteiger partial charge is 0.128 e. The monoisotopic (exact) mass is 217 g/mol. The molecule has 0 radical (unpaired) electrons. The lowest BCUT2D eigenvalue weighted by Crippen LogP contribution is -2.48. The van der Waals surface area contributed by atoms with Crippen LogP contribution >= 0.6 is 12.4 Å². The Labute approximate surface area is 88.9 Å². The van der Waals surface area contributed by atoms with Crippen LogP contribution in [0.25, 0.3) is 0 Å². The molecule has 78 valence electrons. The lowest BCUT2D eigenvalue weighted by molar-refractivity contribution is 0.00638. The highest BCUT2D eigenvalue weighted by Gasteiger charge is 2.17. The minimum absolute atomic E-state index is 0. The molecule has 0 unspecified atom stereocenters. The molecule has 0 amide bonds. The van der Waals surface area contributed by atoms with Gasteiger partial charge in [-0.1, -0.05) is 18.2 Å². The first-order valence-corrected chi connectivity index (χ1v) is 4.42. The van der Waals surface area contributed by atoms with Crippen molar-refractivity contribution in [2.24, 2.45) is 0 Å². The number of benzene rings is 1. The van der Waals surface area contributed by atoms with Crippen molar-refractivity contribution in [2.45, 2.75) is 12.7 Å². The molecule has 1 aliphatic heterocycles. The third kappa shape index (κ3) is 2.67. The van der Waals surface area contributed by atoms with E-state index in [4.69, 9.17) is 4.74 Å². The second-order valence-corrected chi connectivity index (χ2v) is 3.18. The van der Waals surface area contributed by atoms with E-state index in [1.165, 1.54) is 6.07 Å². The van der Waals surface area contributed by atoms with Crippen LogP contribution in [0.4, 0.5) is 4.39 Å². The summed E-state index contributed by atoms with van der Waals surface area (Å²) in [4.78, 5) is 0. The Hall–Kier alpha value is -0.640. The third-order valence-electron chi connectivity index (χ3n) is 2.18. The van der Waals surface area contributed by atoms with Crippen LogP contribution in [-0.2, 0) is 11.3 Å². The van der Waals surface area contributed by atoms with Gasteiger partial charge in [0.2, 0.25) is 0 Å². The zero-order chi connectivity index (χ0) is 9.10. The first-order valence-electron chi connectivity index (χ1n) is 4.42. The third-order valence-corrected chi connectivity index (χ3v) is 2.18. The molecule has 1 heterocycles. The van der Waals surface area contributed by atoms with Crippen LogP contribution in [0, 0.1) is 5.82 Å². The van der Waals surface area contributed by atoms with E-state index < -0.39 is 0 Å². The maximum atomic E-state index is 13.1. The Kier molecular flexibility index (Phi) is 4.32. The summed E-state index contributed by atoms with van der Waals surface area (Å²) in [6.45, 7) is 2.14. The highest BCUT2D eigenvalue weighted by atomic mass is 35.5. The van der Waals surface area contributed by atoms with Gasteiger partial charge in [-0.25, -0.2) is 4.39 Å². The number of halogens is 2. The number of ether oxygens (including phenoxy) is 1. The SMILES string of the molecule is Cl.Fc1ccccc1COC1CNC1. The van der Waals surface area contributed by atoms with E-state index in [0.29, 0.717) is 12.2 Å². The van der Waals surface area contributed by atoms with Crippen LogP contribution in [0.3, 0.4) is 0 Å². The number of nitrogens with one attached hydrogen (secondary N) is 1. The molecule has 1 aromatic rings. The van der Waals surface area contributed by atoms with Crippen molar-refractivity contribution in [3.8, 4) is 0 Å². The quantitative estimate of drug-likeness (QED) is 0.833. The topological polar surface area (TPSA) is 21.3 Å². The maximum Gasteiger partial charge on any atom is 0.128 e. The highest BCUT2D eigenvalue weighted by Crippen LogP contribution is 2.10. The fraction of sp³-hybridized carbons (Fsp3) is 0.400. The minimum Gasteiger partial charge on any atom is -0.371 e. The van der Waals surface area contributed by atoms with Crippen LogP contribution in [0.1, 0.15) is 5.56 Å². The number of hydrogen-bond donors (Lipinski definition) is 1. The normalized spacial score (nSPS) is 15.8. The molecule has 2 rings (SSSR count). The highest BCUT2D eigenvalue weighted by molar-refractivity contribution is 5.85. The van der Waals surface area contributed by atoms with Gasteiger partial charge in [0.05, 0.1) is 12.7 Å². The Balaban J connectivity index is 0.000000980. The Bertz CT molecular complexity index is 291. The van der Waals surface area contributed by atoms with E-state index in [-0.39, 0.29) is 24.3 Å². The fourth-order valence-corrected chi connectivity index (χ4v) is 1.20. The zero-order valence-electron chi connectivity index (χ0n) is 7.70. The van der Waals surface area contributed by atoms with Gasteiger partial charge in [0, 0.05) is 18.7 Å². The standard InChI is InChI=1S/C10H12FNO.ClH/c11-10-4-2-1-3-8(10)7-13-9-5-12-6-9;/h1-4,9,12H,5-7H2;1H. The van der Waals surface area contributed by atoms with E-state index in [9.17, 15) is 4.39 Å². The van der Waals surface area contributed by atoms with Gasteiger partial charge in [-0.15, -0.1) is 12.4 Å². The zero-order valence-corrected chi connectivity index (χ0v) is 8.52. The minimum atomic E-state index is -0.185. The molecule has 1 N–H and O–H groups in total. The predicted molar refractivity (Wildman–Crippen MR) is 55.1 cm³/mol. The summed E-state index contributed by atoms with van der Waals surface area (Å²) in [5.74, 6) is -0.185. The van der Waals surface area contributed by atoms with Crippen molar-refractivity contribution in [3.63, 3.8) is 0 Å². The summed E-state index contributed by atoms with van der Waals surface area (Å²) in [5, 5.41) is 3.09. The molecule has 0 aromatic heterocycles. The molecule has 2 nitrogen and oxygen atoms in total. The van der Waals surface area contributed by atoms with Crippen molar-refractivity contribution in [2.75, 3.05) is 13.1 Å². The first-order chi connectivity index (χ1) is 6.36. The summed E-state index contributed by atoms with van der Waals surface area (Å²) < 4.78 is 18.5. The average molecular weight is 218 g/mol. The van der Waals surface area contributed by atoms with E-state index in [1.54, 1.807) is 12.1 Å². The van der Waals surface area contributed by atoms with Crippen LogP contribution in [0.5, 0.6) is 0 Å². The van der Waals surface area contributed by atoms with Crippen LogP contribution in [-0.4, -0.2) is 19.2 Å². The summed E-state index contributed by atoms with van der Waals surface area (Å²) in [7, 11) is 0. The summed E-state index contributed by atoms with van der Waals surface area (Å²) >= 11 is 0. The molecule has 14 heavy (non-hydrogen) atoms. The average Bonchev–Trinajstić information content (AvgIpc) is 2.05. The molecule has 4 heteroatoms. The van der Waals surface area contributed by atoms with Gasteiger partial charge in [-0.2, -0.15) is 0 Å².